The normalized spacial score (nSPS) is 22.2. The lowest BCUT2D eigenvalue weighted by Gasteiger charge is -2.40. The summed E-state index contributed by atoms with van der Waals surface area (Å²) in [6.45, 7) is 5.05. The number of carboxylic acid groups (broad SMARTS) is 1. The van der Waals surface area contributed by atoms with Gasteiger partial charge in [0.25, 0.3) is 5.92 Å². The zero-order chi connectivity index (χ0) is 23.0. The van der Waals surface area contributed by atoms with Gasteiger partial charge in [-0.1, -0.05) is 19.1 Å². The van der Waals surface area contributed by atoms with E-state index in [0.29, 0.717) is 35.0 Å². The average Bonchev–Trinajstić information content (AvgIpc) is 2.76. The van der Waals surface area contributed by atoms with Crippen LogP contribution < -0.4 is 10.1 Å². The minimum absolute atomic E-state index is 0.00367. The standard InChI is InChI=1S/C25H28F2N2O3/c1-15-8-11-29(20(12-15)17-4-6-18(7-5-17)24(30)31)14-19-21(32-3)13-16(2)23-22(19)25(26,27)9-10-28-23/h4-7,9-10,13,15,20,28H,8,11-12,14H2,1-3H3,(H,30,31)/t15-,20-/m0/s1. The summed E-state index contributed by atoms with van der Waals surface area (Å²) >= 11 is 0. The third-order valence-corrected chi connectivity index (χ3v) is 6.54. The maximum atomic E-state index is 15.1. The summed E-state index contributed by atoms with van der Waals surface area (Å²) in [4.78, 5) is 13.4. The molecule has 2 heterocycles. The summed E-state index contributed by atoms with van der Waals surface area (Å²) in [5, 5.41) is 12.2. The van der Waals surface area contributed by atoms with Crippen LogP contribution in [0.3, 0.4) is 0 Å². The number of fused-ring (bicyclic) bond motifs is 1. The van der Waals surface area contributed by atoms with Gasteiger partial charge in [0.1, 0.15) is 5.75 Å². The Morgan fingerprint density at radius 1 is 1.31 bits per heavy atom. The molecule has 2 aromatic carbocycles. The molecule has 1 saturated heterocycles. The summed E-state index contributed by atoms with van der Waals surface area (Å²) in [5.41, 5.74) is 2.81. The van der Waals surface area contributed by atoms with Crippen LogP contribution >= 0.6 is 0 Å². The van der Waals surface area contributed by atoms with Gasteiger partial charge < -0.3 is 15.2 Å². The van der Waals surface area contributed by atoms with Crippen LogP contribution in [-0.2, 0) is 12.5 Å². The van der Waals surface area contributed by atoms with Crippen LogP contribution in [0.1, 0.15) is 58.4 Å². The molecule has 1 fully saturated rings. The van der Waals surface area contributed by atoms with Gasteiger partial charge in [0, 0.05) is 30.4 Å². The number of carbonyl (C=O) groups is 1. The minimum atomic E-state index is -3.10. The molecular weight excluding hydrogens is 414 g/mol. The average molecular weight is 443 g/mol. The van der Waals surface area contributed by atoms with E-state index in [1.54, 1.807) is 25.1 Å². The largest absolute Gasteiger partial charge is 0.496 e. The Morgan fingerprint density at radius 3 is 2.69 bits per heavy atom. The van der Waals surface area contributed by atoms with E-state index < -0.39 is 11.9 Å². The number of methoxy groups -OCH3 is 1. The highest BCUT2D eigenvalue weighted by atomic mass is 19.3. The molecule has 0 aromatic heterocycles. The molecule has 4 rings (SSSR count). The van der Waals surface area contributed by atoms with Crippen molar-refractivity contribution in [3.8, 4) is 5.75 Å². The molecular formula is C25H28F2N2O3. The van der Waals surface area contributed by atoms with Crippen LogP contribution in [0, 0.1) is 12.8 Å². The molecule has 0 spiro atoms. The van der Waals surface area contributed by atoms with E-state index in [1.165, 1.54) is 13.3 Å². The second-order valence-electron chi connectivity index (χ2n) is 8.77. The number of aromatic carboxylic acids is 1. The molecule has 32 heavy (non-hydrogen) atoms. The maximum absolute atomic E-state index is 15.1. The highest BCUT2D eigenvalue weighted by Crippen LogP contribution is 2.47. The van der Waals surface area contributed by atoms with Crippen LogP contribution in [0.4, 0.5) is 14.5 Å². The van der Waals surface area contributed by atoms with Gasteiger partial charge in [0.2, 0.25) is 0 Å². The van der Waals surface area contributed by atoms with Crippen molar-refractivity contribution in [2.75, 3.05) is 19.0 Å². The van der Waals surface area contributed by atoms with Gasteiger partial charge in [-0.3, -0.25) is 4.90 Å². The van der Waals surface area contributed by atoms with E-state index in [4.69, 9.17) is 4.74 Å². The van der Waals surface area contributed by atoms with Crippen LogP contribution in [0.15, 0.2) is 42.6 Å². The number of allylic oxidation sites excluding steroid dienone is 1. The van der Waals surface area contributed by atoms with Crippen molar-refractivity contribution >= 4 is 11.7 Å². The number of carboxylic acids is 1. The summed E-state index contributed by atoms with van der Waals surface area (Å²) in [6.07, 6.45) is 4.02. The lowest BCUT2D eigenvalue weighted by molar-refractivity contribution is 0.0472. The number of anilines is 1. The van der Waals surface area contributed by atoms with Crippen molar-refractivity contribution in [2.24, 2.45) is 5.92 Å². The third-order valence-electron chi connectivity index (χ3n) is 6.54. The summed E-state index contributed by atoms with van der Waals surface area (Å²) < 4.78 is 35.7. The van der Waals surface area contributed by atoms with Crippen LogP contribution in [0.5, 0.6) is 5.75 Å². The van der Waals surface area contributed by atoms with E-state index >= 15 is 8.78 Å². The molecule has 170 valence electrons. The SMILES string of the molecule is COc1cc(C)c2c(c1CN1CC[C@H](C)C[C@H]1c1ccc(C(=O)O)cc1)C(F)(F)C=CN2. The first kappa shape index (κ1) is 22.3. The second-order valence-corrected chi connectivity index (χ2v) is 8.77. The Balaban J connectivity index is 1.74. The Bertz CT molecular complexity index is 1050. The van der Waals surface area contributed by atoms with Gasteiger partial charge in [-0.2, -0.15) is 8.78 Å². The molecule has 7 heteroatoms. The number of alkyl halides is 2. The van der Waals surface area contributed by atoms with E-state index in [0.717, 1.165) is 31.0 Å². The zero-order valence-corrected chi connectivity index (χ0v) is 18.5. The van der Waals surface area contributed by atoms with Gasteiger partial charge >= 0.3 is 5.97 Å². The van der Waals surface area contributed by atoms with Crippen molar-refractivity contribution in [1.82, 2.24) is 4.90 Å². The molecule has 5 nitrogen and oxygen atoms in total. The quantitative estimate of drug-likeness (QED) is 0.621. The smallest absolute Gasteiger partial charge is 0.335 e. The van der Waals surface area contributed by atoms with E-state index in [9.17, 15) is 9.90 Å². The number of rotatable bonds is 5. The highest BCUT2D eigenvalue weighted by Gasteiger charge is 2.39. The molecule has 2 atom stereocenters. The van der Waals surface area contributed by atoms with E-state index in [1.807, 2.05) is 12.1 Å². The van der Waals surface area contributed by atoms with Crippen molar-refractivity contribution < 1.29 is 23.4 Å². The van der Waals surface area contributed by atoms with E-state index in [-0.39, 0.29) is 17.2 Å². The van der Waals surface area contributed by atoms with E-state index in [2.05, 4.69) is 17.1 Å². The van der Waals surface area contributed by atoms with Crippen molar-refractivity contribution in [2.45, 2.75) is 45.2 Å². The summed E-state index contributed by atoms with van der Waals surface area (Å²) in [7, 11) is 1.51. The van der Waals surface area contributed by atoms with Crippen LogP contribution in [-0.4, -0.2) is 29.6 Å². The Labute approximate surface area is 186 Å². The fourth-order valence-electron chi connectivity index (χ4n) is 4.81. The molecule has 2 aromatic rings. The molecule has 2 N–H and O–H groups in total. The van der Waals surface area contributed by atoms with Gasteiger partial charge in [-0.25, -0.2) is 4.79 Å². The number of nitrogens with one attached hydrogen (secondary N) is 1. The molecule has 0 saturated carbocycles. The number of hydrogen-bond donors (Lipinski definition) is 2. The molecule has 0 radical (unpaired) electrons. The molecule has 2 aliphatic rings. The van der Waals surface area contributed by atoms with Gasteiger partial charge in [-0.05, 0) is 61.6 Å². The fourth-order valence-corrected chi connectivity index (χ4v) is 4.81. The number of likely N-dealkylation sites (tertiary alicyclic amines) is 1. The number of hydrogen-bond acceptors (Lipinski definition) is 4. The number of nitrogens with zero attached hydrogens (tertiary/aromatic N) is 1. The Morgan fingerprint density at radius 2 is 2.03 bits per heavy atom. The Hall–Kier alpha value is -2.93. The third kappa shape index (κ3) is 4.09. The number of ether oxygens (including phenoxy) is 1. The maximum Gasteiger partial charge on any atom is 0.335 e. The predicted octanol–water partition coefficient (Wildman–Crippen LogP) is 5.71. The van der Waals surface area contributed by atoms with Gasteiger partial charge in [0.05, 0.1) is 23.9 Å². The van der Waals surface area contributed by atoms with Crippen molar-refractivity contribution in [1.29, 1.82) is 0 Å². The fraction of sp³-hybridized carbons (Fsp3) is 0.400. The first-order valence-corrected chi connectivity index (χ1v) is 10.8. The molecule has 0 aliphatic carbocycles. The highest BCUT2D eigenvalue weighted by molar-refractivity contribution is 5.87. The zero-order valence-electron chi connectivity index (χ0n) is 18.5. The van der Waals surface area contributed by atoms with Crippen molar-refractivity contribution in [3.63, 3.8) is 0 Å². The lowest BCUT2D eigenvalue weighted by Crippen LogP contribution is -2.36. The molecule has 2 aliphatic heterocycles. The molecule has 0 unspecified atom stereocenters. The van der Waals surface area contributed by atoms with Crippen molar-refractivity contribution in [3.05, 3.63) is 70.4 Å². The number of aryl methyl sites for hydroxylation is 1. The predicted molar refractivity (Wildman–Crippen MR) is 119 cm³/mol. The van der Waals surface area contributed by atoms with Gasteiger partial charge in [0.15, 0.2) is 0 Å². The molecule has 0 bridgehead atoms. The number of halogens is 2. The molecule has 0 amide bonds. The lowest BCUT2D eigenvalue weighted by atomic mass is 9.86. The first-order chi connectivity index (χ1) is 15.2. The number of piperidine rings is 1. The first-order valence-electron chi connectivity index (χ1n) is 10.8. The minimum Gasteiger partial charge on any atom is -0.496 e. The second kappa shape index (κ2) is 8.54. The van der Waals surface area contributed by atoms with Gasteiger partial charge in [-0.15, -0.1) is 0 Å². The number of benzene rings is 2. The van der Waals surface area contributed by atoms with Crippen LogP contribution in [0.2, 0.25) is 0 Å². The summed E-state index contributed by atoms with van der Waals surface area (Å²) in [5.74, 6) is -3.13. The monoisotopic (exact) mass is 442 g/mol. The summed E-state index contributed by atoms with van der Waals surface area (Å²) in [6, 6.07) is 8.68. The Kier molecular flexibility index (Phi) is 5.95. The van der Waals surface area contributed by atoms with Crippen LogP contribution in [0.25, 0.3) is 0 Å². The topological polar surface area (TPSA) is 61.8 Å².